The number of benzene rings is 4. The molecule has 4 aromatic carbocycles. The predicted octanol–water partition coefficient (Wildman–Crippen LogP) is 0.664. The zero-order valence-electron chi connectivity index (χ0n) is 41.9. The molecule has 3 aliphatic rings. The fraction of sp³-hybridized carbons (Fsp3) is 0.377. The van der Waals surface area contributed by atoms with Gasteiger partial charge in [0.1, 0.15) is 90.3 Å². The number of aromatic hydroxyl groups is 5. The Bertz CT molecular complexity index is 3000. The second-order valence-electron chi connectivity index (χ2n) is 18.4. The third-order valence-corrected chi connectivity index (χ3v) is 12.9. The largest absolute Gasteiger partial charge is 0.507 e. The van der Waals surface area contributed by atoms with Crippen molar-refractivity contribution in [1.29, 1.82) is 0 Å². The highest BCUT2D eigenvalue weighted by Crippen LogP contribution is 2.46. The average Bonchev–Trinajstić information content (AvgIpc) is 3.51. The van der Waals surface area contributed by atoms with E-state index in [0.717, 1.165) is 18.2 Å². The van der Waals surface area contributed by atoms with E-state index < -0.39 is 129 Å². The fourth-order valence-electron chi connectivity index (χ4n) is 8.57. The van der Waals surface area contributed by atoms with E-state index in [1.807, 2.05) is 0 Å². The molecule has 0 radical (unpaired) electrons. The lowest BCUT2D eigenvalue weighted by molar-refractivity contribution is -0.319. The number of carbonyl (C=O) groups excluding carboxylic acids is 2. The Hall–Kier alpha value is -7.57. The topological polar surface area (TPSA) is 401 Å². The molecule has 3 fully saturated rings. The number of esters is 2. The molecule has 3 saturated heterocycles. The summed E-state index contributed by atoms with van der Waals surface area (Å²) in [7, 11) is 2.57. The summed E-state index contributed by atoms with van der Waals surface area (Å²) in [6.07, 6.45) is -20.2. The molecule has 0 unspecified atom stereocenters. The van der Waals surface area contributed by atoms with Crippen molar-refractivity contribution in [2.45, 2.75) is 99.0 Å². The van der Waals surface area contributed by atoms with Crippen LogP contribution in [0, 0.1) is 0 Å². The zero-order chi connectivity index (χ0) is 57.0. The minimum absolute atomic E-state index is 0.0220. The summed E-state index contributed by atoms with van der Waals surface area (Å²) in [5.74, 6) is -4.09. The number of phenols is 5. The van der Waals surface area contributed by atoms with E-state index in [1.165, 1.54) is 100 Å². The molecule has 424 valence electrons. The molecule has 26 nitrogen and oxygen atoms in total. The van der Waals surface area contributed by atoms with Gasteiger partial charge in [0.25, 0.3) is 0 Å². The third kappa shape index (κ3) is 13.0. The van der Waals surface area contributed by atoms with Gasteiger partial charge in [0.05, 0.1) is 38.6 Å². The molecule has 4 heterocycles. The van der Waals surface area contributed by atoms with Gasteiger partial charge in [-0.2, -0.15) is 0 Å². The molecular formula is C53H57O26+. The molecule has 0 aliphatic carbocycles. The first-order chi connectivity index (χ1) is 37.6. The normalized spacial score (nSPS) is 29.1. The molecular weight excluding hydrogens is 1050 g/mol. The van der Waals surface area contributed by atoms with Crippen molar-refractivity contribution in [2.75, 3.05) is 27.4 Å². The summed E-state index contributed by atoms with van der Waals surface area (Å²) in [4.78, 5) is 25.3. The zero-order valence-corrected chi connectivity index (χ0v) is 41.9. The number of carbonyl (C=O) groups is 2. The molecule has 0 amide bonds. The number of methoxy groups -OCH3 is 2. The molecule has 1 aromatic heterocycles. The van der Waals surface area contributed by atoms with E-state index in [9.17, 15) is 76.0 Å². The fourth-order valence-corrected chi connectivity index (χ4v) is 8.57. The van der Waals surface area contributed by atoms with Gasteiger partial charge in [-0.25, -0.2) is 14.0 Å². The van der Waals surface area contributed by atoms with Crippen LogP contribution in [0.15, 0.2) is 89.4 Å². The standard InChI is InChI=1S/C53H56O26/c1-22-49(79-39(59)13-7-23-4-9-27(10-5-23)74-52-46(66)43(63)41(61)36(77-52)20-71-38(58)12-8-24-6-11-29(55)31(57)14-24)45(65)48(68)51(73-22)72-21-37-42(62)44(64)47(67)53(78-37)76-35-19-28-30(56)17-26(54)18-32(28)75-50(35)25-15-33(69-2)40(60)34(16-25)70-3/h4-19,22,36-37,41-49,51-53,61-68H,20-21H2,1-3H3,(H4-,54,55,56,57,58,60)/p+1/b13-7+/t22-,36+,37+,41+,42+,43-,44-,45-,46+,47+,48+,49-,51+,52+,53+/m0/s1. The predicted molar refractivity (Wildman–Crippen MR) is 266 cm³/mol. The lowest BCUT2D eigenvalue weighted by Gasteiger charge is -2.42. The molecule has 8 rings (SSSR count). The number of ether oxygens (including phenoxy) is 10. The van der Waals surface area contributed by atoms with Gasteiger partial charge in [-0.1, -0.05) is 18.2 Å². The number of aliphatic hydroxyl groups excluding tert-OH is 8. The van der Waals surface area contributed by atoms with Crippen LogP contribution in [0.25, 0.3) is 34.4 Å². The quantitative estimate of drug-likeness (QED) is 0.0263. The van der Waals surface area contributed by atoms with E-state index in [1.54, 1.807) is 0 Å². The molecule has 13 N–H and O–H groups in total. The number of hydrogen-bond acceptors (Lipinski definition) is 25. The second kappa shape index (κ2) is 24.6. The summed E-state index contributed by atoms with van der Waals surface area (Å²) in [5.41, 5.74) is 0.915. The van der Waals surface area contributed by atoms with Crippen LogP contribution < -0.4 is 18.9 Å². The van der Waals surface area contributed by atoms with Crippen molar-refractivity contribution >= 4 is 35.1 Å². The second-order valence-corrected chi connectivity index (χ2v) is 18.4. The molecule has 15 atom stereocenters. The van der Waals surface area contributed by atoms with Gasteiger partial charge in [-0.05, 0) is 54.5 Å². The monoisotopic (exact) mass is 1110 g/mol. The van der Waals surface area contributed by atoms with E-state index >= 15 is 0 Å². The van der Waals surface area contributed by atoms with E-state index in [-0.39, 0.29) is 62.5 Å². The lowest BCUT2D eigenvalue weighted by Crippen LogP contribution is -2.62. The van der Waals surface area contributed by atoms with Gasteiger partial charge in [-0.15, -0.1) is 0 Å². The summed E-state index contributed by atoms with van der Waals surface area (Å²) >= 11 is 0. The summed E-state index contributed by atoms with van der Waals surface area (Å²) in [5, 5.41) is 137. The number of phenolic OH excluding ortho intramolecular Hbond substituents is 5. The van der Waals surface area contributed by atoms with E-state index in [0.29, 0.717) is 11.1 Å². The summed E-state index contributed by atoms with van der Waals surface area (Å²) in [6, 6.07) is 15.9. The van der Waals surface area contributed by atoms with E-state index in [4.69, 9.17) is 51.8 Å². The van der Waals surface area contributed by atoms with Crippen molar-refractivity contribution in [3.63, 3.8) is 0 Å². The maximum absolute atomic E-state index is 13.0. The van der Waals surface area contributed by atoms with Gasteiger partial charge in [0, 0.05) is 36.4 Å². The number of rotatable bonds is 17. The van der Waals surface area contributed by atoms with Crippen molar-refractivity contribution < 1.29 is 128 Å². The minimum atomic E-state index is -1.93. The number of hydrogen-bond donors (Lipinski definition) is 13. The Labute approximate surface area is 447 Å². The third-order valence-electron chi connectivity index (χ3n) is 12.9. The van der Waals surface area contributed by atoms with Crippen LogP contribution >= 0.6 is 0 Å². The van der Waals surface area contributed by atoms with Gasteiger partial charge < -0.3 is 114 Å². The SMILES string of the molecule is COc1cc(-c2[o+]c3cc(O)cc(O)c3cc2O[C@@H]2O[C@H](CO[C@@H]3O[C@@H](C)[C@H](OC(=O)/C=C/c4ccc(O[C@@H]5O[C@H](COC(=O)C=Cc6ccc(O)c(O)c6)[C@@H](O)[C@H](O)[C@H]5O)cc4)[C@@H](O)[C@H]3O)[C@@H](O)[C@H](O)[C@H]2O)cc(OC)c1O. The van der Waals surface area contributed by atoms with Crippen LogP contribution in [0.5, 0.6) is 51.7 Å². The first-order valence-electron chi connectivity index (χ1n) is 24.1. The maximum Gasteiger partial charge on any atom is 0.402 e. The molecule has 3 aliphatic heterocycles. The van der Waals surface area contributed by atoms with Crippen molar-refractivity contribution in [2.24, 2.45) is 0 Å². The van der Waals surface area contributed by atoms with Crippen LogP contribution in [0.3, 0.4) is 0 Å². The van der Waals surface area contributed by atoms with Gasteiger partial charge in [0.2, 0.25) is 24.1 Å². The Morgan fingerprint density at radius 2 is 1.15 bits per heavy atom. The minimum Gasteiger partial charge on any atom is -0.507 e. The lowest BCUT2D eigenvalue weighted by atomic mass is 9.98. The Morgan fingerprint density at radius 3 is 1.78 bits per heavy atom. The highest BCUT2D eigenvalue weighted by Gasteiger charge is 2.50. The van der Waals surface area contributed by atoms with Gasteiger partial charge in [-0.3, -0.25) is 0 Å². The van der Waals surface area contributed by atoms with Crippen molar-refractivity contribution in [1.82, 2.24) is 0 Å². The smallest absolute Gasteiger partial charge is 0.402 e. The van der Waals surface area contributed by atoms with E-state index in [2.05, 4.69) is 0 Å². The van der Waals surface area contributed by atoms with Gasteiger partial charge in [0.15, 0.2) is 35.4 Å². The highest BCUT2D eigenvalue weighted by atomic mass is 16.7. The Morgan fingerprint density at radius 1 is 0.570 bits per heavy atom. The van der Waals surface area contributed by atoms with Crippen LogP contribution in [0.1, 0.15) is 18.1 Å². The highest BCUT2D eigenvalue weighted by molar-refractivity contribution is 5.89. The molecule has 0 bridgehead atoms. The first kappa shape index (κ1) is 57.6. The maximum atomic E-state index is 13.0. The summed E-state index contributed by atoms with van der Waals surface area (Å²) < 4.78 is 61.9. The molecule has 5 aromatic rings. The molecule has 26 heteroatoms. The number of aliphatic hydroxyl groups is 8. The molecule has 0 spiro atoms. The average molecular weight is 1110 g/mol. The van der Waals surface area contributed by atoms with Crippen LogP contribution in [-0.2, 0) is 38.0 Å². The van der Waals surface area contributed by atoms with Crippen molar-refractivity contribution in [3.05, 3.63) is 96.1 Å². The molecule has 79 heavy (non-hydrogen) atoms. The van der Waals surface area contributed by atoms with Crippen LogP contribution in [-0.4, -0.2) is 198 Å². The van der Waals surface area contributed by atoms with Gasteiger partial charge >= 0.3 is 23.3 Å². The number of fused-ring (bicyclic) bond motifs is 1. The molecule has 0 saturated carbocycles. The van der Waals surface area contributed by atoms with Crippen LogP contribution in [0.2, 0.25) is 0 Å². The first-order valence-corrected chi connectivity index (χ1v) is 24.1. The van der Waals surface area contributed by atoms with Crippen LogP contribution in [0.4, 0.5) is 0 Å². The Balaban J connectivity index is 0.848. The van der Waals surface area contributed by atoms with Crippen molar-refractivity contribution in [3.8, 4) is 63.1 Å². The summed E-state index contributed by atoms with van der Waals surface area (Å²) in [6.45, 7) is 0.205. The Kier molecular flexibility index (Phi) is 18.0.